The summed E-state index contributed by atoms with van der Waals surface area (Å²) < 4.78 is 33.7. The van der Waals surface area contributed by atoms with Gasteiger partial charge in [0.1, 0.15) is 5.58 Å². The van der Waals surface area contributed by atoms with Crippen molar-refractivity contribution in [2.45, 2.75) is 13.0 Å². The summed E-state index contributed by atoms with van der Waals surface area (Å²) in [5, 5.41) is 11.7. The first-order valence-corrected chi connectivity index (χ1v) is 11.8. The normalized spacial score (nSPS) is 16.0. The highest BCUT2D eigenvalue weighted by molar-refractivity contribution is 7.22. The molecular weight excluding hydrogens is 486 g/mol. The number of rotatable bonds is 4. The Morgan fingerprint density at radius 3 is 2.61 bits per heavy atom. The number of aromatic nitrogens is 1. The topological polar surface area (TPSA) is 83.6 Å². The van der Waals surface area contributed by atoms with Crippen molar-refractivity contribution in [2.24, 2.45) is 0 Å². The maximum Gasteiger partial charge on any atom is 0.296 e. The Balaban J connectivity index is 1.52. The molecule has 0 radical (unpaired) electrons. The van der Waals surface area contributed by atoms with Crippen LogP contribution >= 0.6 is 11.3 Å². The molecule has 1 unspecified atom stereocenters. The molecule has 0 fully saturated rings. The molecule has 0 aliphatic carbocycles. The van der Waals surface area contributed by atoms with Gasteiger partial charge < -0.3 is 9.52 Å². The highest BCUT2D eigenvalue weighted by Gasteiger charge is 2.46. The van der Waals surface area contributed by atoms with Gasteiger partial charge in [-0.25, -0.2) is 13.8 Å². The number of furan rings is 1. The number of carbonyl (C=O) groups is 2. The zero-order chi connectivity index (χ0) is 25.1. The number of ketones is 1. The number of benzene rings is 3. The minimum atomic E-state index is -1.07. The van der Waals surface area contributed by atoms with E-state index in [1.165, 1.54) is 4.90 Å². The second kappa shape index (κ2) is 8.10. The van der Waals surface area contributed by atoms with E-state index in [4.69, 9.17) is 4.42 Å². The Morgan fingerprint density at radius 1 is 1.06 bits per heavy atom. The average molecular weight is 502 g/mol. The van der Waals surface area contributed by atoms with Crippen LogP contribution in [0.3, 0.4) is 0 Å². The third-order valence-corrected chi connectivity index (χ3v) is 7.10. The van der Waals surface area contributed by atoms with E-state index < -0.39 is 35.1 Å². The first kappa shape index (κ1) is 22.1. The molecule has 3 aromatic carbocycles. The third-order valence-electron chi connectivity index (χ3n) is 6.09. The van der Waals surface area contributed by atoms with Crippen LogP contribution in [0, 0.1) is 18.6 Å². The number of para-hydroxylation sites is 1. The van der Waals surface area contributed by atoms with E-state index in [-0.39, 0.29) is 22.0 Å². The van der Waals surface area contributed by atoms with Gasteiger partial charge in [-0.15, -0.1) is 0 Å². The average Bonchev–Trinajstić information content (AvgIpc) is 3.53. The molecule has 6 nitrogen and oxygen atoms in total. The molecule has 1 N–H and O–H groups in total. The molecule has 0 saturated carbocycles. The Labute approximate surface area is 206 Å². The highest BCUT2D eigenvalue weighted by atomic mass is 32.1. The van der Waals surface area contributed by atoms with Crippen LogP contribution in [0.1, 0.15) is 27.7 Å². The Bertz CT molecular complexity index is 1680. The van der Waals surface area contributed by atoms with Crippen LogP contribution in [0.4, 0.5) is 13.9 Å². The molecule has 1 aliphatic heterocycles. The van der Waals surface area contributed by atoms with Crippen LogP contribution < -0.4 is 4.90 Å². The van der Waals surface area contributed by atoms with Gasteiger partial charge in [0.15, 0.2) is 28.3 Å². The molecule has 1 aliphatic rings. The number of fused-ring (bicyclic) bond motifs is 2. The van der Waals surface area contributed by atoms with Crippen molar-refractivity contribution < 1.29 is 27.9 Å². The number of halogens is 2. The summed E-state index contributed by atoms with van der Waals surface area (Å²) >= 11 is 0.954. The van der Waals surface area contributed by atoms with Crippen molar-refractivity contribution in [3.05, 3.63) is 107 Å². The number of anilines is 1. The van der Waals surface area contributed by atoms with Crippen LogP contribution in [0.2, 0.25) is 0 Å². The van der Waals surface area contributed by atoms with E-state index in [9.17, 15) is 23.5 Å². The summed E-state index contributed by atoms with van der Waals surface area (Å²) in [5.41, 5.74) is 1.91. The quantitative estimate of drug-likeness (QED) is 0.287. The number of amides is 1. The van der Waals surface area contributed by atoms with Gasteiger partial charge in [0.2, 0.25) is 5.78 Å². The summed E-state index contributed by atoms with van der Waals surface area (Å²) in [4.78, 5) is 32.5. The zero-order valence-electron chi connectivity index (χ0n) is 18.7. The second-order valence-electron chi connectivity index (χ2n) is 8.46. The lowest BCUT2D eigenvalue weighted by atomic mass is 9.94. The predicted octanol–water partition coefficient (Wildman–Crippen LogP) is 6.41. The lowest BCUT2D eigenvalue weighted by Gasteiger charge is -2.24. The minimum absolute atomic E-state index is 0.0292. The second-order valence-corrected chi connectivity index (χ2v) is 9.47. The van der Waals surface area contributed by atoms with Gasteiger partial charge >= 0.3 is 0 Å². The molecular formula is C27H16F2N2O4S. The van der Waals surface area contributed by atoms with Gasteiger partial charge in [0, 0.05) is 11.5 Å². The maximum atomic E-state index is 13.8. The minimum Gasteiger partial charge on any atom is -0.503 e. The first-order chi connectivity index (χ1) is 17.3. The summed E-state index contributed by atoms with van der Waals surface area (Å²) in [5.74, 6) is -4.36. The Morgan fingerprint density at radius 2 is 1.83 bits per heavy atom. The van der Waals surface area contributed by atoms with Gasteiger partial charge in [0.05, 0.1) is 21.8 Å². The number of aliphatic hydroxyl groups is 1. The third kappa shape index (κ3) is 3.39. The summed E-state index contributed by atoms with van der Waals surface area (Å²) in [7, 11) is 0. The molecule has 36 heavy (non-hydrogen) atoms. The van der Waals surface area contributed by atoms with Crippen LogP contribution in [-0.4, -0.2) is 21.8 Å². The van der Waals surface area contributed by atoms with Gasteiger partial charge in [-0.2, -0.15) is 0 Å². The molecule has 1 amide bonds. The van der Waals surface area contributed by atoms with Crippen LogP contribution in [0.25, 0.3) is 21.2 Å². The highest BCUT2D eigenvalue weighted by Crippen LogP contribution is 2.44. The number of hydrogen-bond acceptors (Lipinski definition) is 6. The predicted molar refractivity (Wildman–Crippen MR) is 131 cm³/mol. The molecule has 6 rings (SSSR count). The smallest absolute Gasteiger partial charge is 0.296 e. The fourth-order valence-electron chi connectivity index (χ4n) is 4.43. The van der Waals surface area contributed by atoms with Crippen LogP contribution in [0.15, 0.2) is 82.5 Å². The molecule has 178 valence electrons. The molecule has 2 aromatic heterocycles. The molecule has 0 spiro atoms. The number of aliphatic hydroxyl groups excluding tert-OH is 1. The van der Waals surface area contributed by atoms with E-state index in [2.05, 4.69) is 4.98 Å². The molecule has 0 saturated heterocycles. The van der Waals surface area contributed by atoms with Crippen LogP contribution in [0.5, 0.6) is 0 Å². The van der Waals surface area contributed by atoms with Gasteiger partial charge in [-0.05, 0) is 30.7 Å². The van der Waals surface area contributed by atoms with E-state index in [0.717, 1.165) is 29.0 Å². The standard InChI is InChI=1S/C27H16F2N2O4S/c1-13-5-4-7-15(9-13)23-22(24(32)20-10-14-6-2-3-8-19(14)35-20)25(33)26(34)31(23)27-30-18-11-16(28)17(29)12-21(18)36-27/h2-12,23,33H,1H3. The lowest BCUT2D eigenvalue weighted by molar-refractivity contribution is -0.117. The van der Waals surface area contributed by atoms with E-state index in [0.29, 0.717) is 21.2 Å². The SMILES string of the molecule is Cc1cccc(C2C(C(=O)c3cc4ccccc4o3)=C(O)C(=O)N2c2nc3cc(F)c(F)cc3s2)c1. The lowest BCUT2D eigenvalue weighted by Crippen LogP contribution is -2.31. The summed E-state index contributed by atoms with van der Waals surface area (Å²) in [6, 6.07) is 16.7. The molecule has 5 aromatic rings. The van der Waals surface area contributed by atoms with Gasteiger partial charge in [0.25, 0.3) is 5.91 Å². The monoisotopic (exact) mass is 502 g/mol. The van der Waals surface area contributed by atoms with Crippen molar-refractivity contribution in [1.82, 2.24) is 4.98 Å². The molecule has 3 heterocycles. The number of thiazole rings is 1. The fraction of sp³-hybridized carbons (Fsp3) is 0.0741. The molecule has 9 heteroatoms. The van der Waals surface area contributed by atoms with Crippen LogP contribution in [-0.2, 0) is 4.79 Å². The zero-order valence-corrected chi connectivity index (χ0v) is 19.5. The number of carbonyl (C=O) groups excluding carboxylic acids is 2. The molecule has 1 atom stereocenters. The Kier molecular flexibility index (Phi) is 4.97. The van der Waals surface area contributed by atoms with Gasteiger partial charge in [-0.3, -0.25) is 14.5 Å². The number of nitrogens with zero attached hydrogens (tertiary/aromatic N) is 2. The first-order valence-electron chi connectivity index (χ1n) is 10.9. The van der Waals surface area contributed by atoms with E-state index in [1.54, 1.807) is 48.5 Å². The number of Topliss-reactive ketones (excluding diaryl/α,β-unsaturated/α-hetero) is 1. The van der Waals surface area contributed by atoms with Crippen molar-refractivity contribution in [1.29, 1.82) is 0 Å². The van der Waals surface area contributed by atoms with Crippen molar-refractivity contribution in [3.8, 4) is 0 Å². The van der Waals surface area contributed by atoms with E-state index in [1.807, 2.05) is 13.0 Å². The van der Waals surface area contributed by atoms with Crippen molar-refractivity contribution >= 4 is 49.3 Å². The molecule has 0 bridgehead atoms. The fourth-order valence-corrected chi connectivity index (χ4v) is 5.43. The summed E-state index contributed by atoms with van der Waals surface area (Å²) in [6.45, 7) is 1.86. The maximum absolute atomic E-state index is 13.8. The van der Waals surface area contributed by atoms with Crippen molar-refractivity contribution in [3.63, 3.8) is 0 Å². The number of hydrogen-bond donors (Lipinski definition) is 1. The largest absolute Gasteiger partial charge is 0.503 e. The van der Waals surface area contributed by atoms with E-state index >= 15 is 0 Å². The van der Waals surface area contributed by atoms with Crippen molar-refractivity contribution in [2.75, 3.05) is 4.90 Å². The Hall–Kier alpha value is -4.37. The number of aryl methyl sites for hydroxylation is 1. The summed E-state index contributed by atoms with van der Waals surface area (Å²) in [6.07, 6.45) is 0. The van der Waals surface area contributed by atoms with Gasteiger partial charge in [-0.1, -0.05) is 59.4 Å².